The number of nitro groups is 1. The zero-order valence-electron chi connectivity index (χ0n) is 7.51. The van der Waals surface area contributed by atoms with Gasteiger partial charge in [0.2, 0.25) is 5.78 Å². The summed E-state index contributed by atoms with van der Waals surface area (Å²) in [5.74, 6) is -0.448. The average molecular weight is 206 g/mol. The summed E-state index contributed by atoms with van der Waals surface area (Å²) in [6.45, 7) is 0. The molecule has 0 radical (unpaired) electrons. The normalized spacial score (nSPS) is 16.8. The van der Waals surface area contributed by atoms with Gasteiger partial charge in [-0.15, -0.1) is 0 Å². The lowest BCUT2D eigenvalue weighted by atomic mass is 10.1. The number of hydrogen-bond acceptors (Lipinski definition) is 5. The number of ketones is 1. The van der Waals surface area contributed by atoms with Crippen LogP contribution in [0, 0.1) is 10.1 Å². The Labute approximate surface area is 84.0 Å². The SMILES string of the molecule is O=C1C(=NO)Cc2ccc([N+](=O)[O-])cc21. The Balaban J connectivity index is 2.53. The minimum absolute atomic E-state index is 0.0190. The van der Waals surface area contributed by atoms with Crippen molar-refractivity contribution >= 4 is 17.2 Å². The van der Waals surface area contributed by atoms with Crippen molar-refractivity contribution in [2.24, 2.45) is 5.16 Å². The molecule has 6 nitrogen and oxygen atoms in total. The highest BCUT2D eigenvalue weighted by molar-refractivity contribution is 6.49. The summed E-state index contributed by atoms with van der Waals surface area (Å²) in [5, 5.41) is 21.8. The molecule has 0 bridgehead atoms. The lowest BCUT2D eigenvalue weighted by molar-refractivity contribution is -0.384. The van der Waals surface area contributed by atoms with Crippen molar-refractivity contribution in [3.05, 3.63) is 39.4 Å². The van der Waals surface area contributed by atoms with Gasteiger partial charge in [-0.2, -0.15) is 0 Å². The molecule has 0 saturated heterocycles. The van der Waals surface area contributed by atoms with E-state index in [0.29, 0.717) is 5.56 Å². The van der Waals surface area contributed by atoms with Crippen LogP contribution in [0.25, 0.3) is 0 Å². The third-order valence-corrected chi connectivity index (χ3v) is 2.29. The Morgan fingerprint density at radius 2 is 2.20 bits per heavy atom. The highest BCUT2D eigenvalue weighted by Crippen LogP contribution is 2.24. The molecule has 76 valence electrons. The summed E-state index contributed by atoms with van der Waals surface area (Å²) in [6.07, 6.45) is 0.225. The first-order valence-corrected chi connectivity index (χ1v) is 4.16. The fraction of sp³-hybridized carbons (Fsp3) is 0.111. The average Bonchev–Trinajstić information content (AvgIpc) is 2.55. The minimum Gasteiger partial charge on any atom is -0.411 e. The molecular formula is C9H6N2O4. The van der Waals surface area contributed by atoms with Gasteiger partial charge >= 0.3 is 0 Å². The highest BCUT2D eigenvalue weighted by atomic mass is 16.6. The monoisotopic (exact) mass is 206 g/mol. The molecule has 0 unspecified atom stereocenters. The summed E-state index contributed by atoms with van der Waals surface area (Å²) < 4.78 is 0. The molecule has 15 heavy (non-hydrogen) atoms. The topological polar surface area (TPSA) is 92.8 Å². The first-order valence-electron chi connectivity index (χ1n) is 4.16. The van der Waals surface area contributed by atoms with E-state index in [9.17, 15) is 14.9 Å². The predicted octanol–water partition coefficient (Wildman–Crippen LogP) is 1.16. The van der Waals surface area contributed by atoms with Gasteiger partial charge in [-0.05, 0) is 5.56 Å². The Morgan fingerprint density at radius 1 is 1.47 bits per heavy atom. The van der Waals surface area contributed by atoms with Crippen LogP contribution in [0.5, 0.6) is 0 Å². The number of Topliss-reactive ketones (excluding diaryl/α,β-unsaturated/α-hetero) is 1. The van der Waals surface area contributed by atoms with Crippen molar-refractivity contribution in [3.63, 3.8) is 0 Å². The first-order chi connectivity index (χ1) is 7.13. The Kier molecular flexibility index (Phi) is 1.96. The molecule has 0 fully saturated rings. The van der Waals surface area contributed by atoms with Crippen LogP contribution in [0.4, 0.5) is 5.69 Å². The van der Waals surface area contributed by atoms with Crippen molar-refractivity contribution in [2.75, 3.05) is 0 Å². The lowest BCUT2D eigenvalue weighted by Crippen LogP contribution is -2.07. The molecule has 0 heterocycles. The van der Waals surface area contributed by atoms with Crippen molar-refractivity contribution < 1.29 is 14.9 Å². The van der Waals surface area contributed by atoms with Crippen LogP contribution in [-0.2, 0) is 6.42 Å². The third kappa shape index (κ3) is 1.35. The number of oxime groups is 1. The van der Waals surface area contributed by atoms with Gasteiger partial charge in [0.1, 0.15) is 5.71 Å². The molecule has 1 aromatic rings. The number of carbonyl (C=O) groups excluding carboxylic acids is 1. The number of nitro benzene ring substituents is 1. The number of hydrogen-bond donors (Lipinski definition) is 1. The standard InChI is InChI=1S/C9H6N2O4/c12-9-7-4-6(11(14)15)2-1-5(7)3-8(9)10-13/h1-2,4,13H,3H2. The summed E-state index contributed by atoms with van der Waals surface area (Å²) in [6, 6.07) is 4.03. The molecule has 0 atom stereocenters. The van der Waals surface area contributed by atoms with E-state index in [1.165, 1.54) is 18.2 Å². The van der Waals surface area contributed by atoms with Crippen molar-refractivity contribution in [2.45, 2.75) is 6.42 Å². The number of benzene rings is 1. The molecule has 1 aromatic carbocycles. The summed E-state index contributed by atoms with van der Waals surface area (Å²) in [7, 11) is 0. The van der Waals surface area contributed by atoms with Crippen LogP contribution >= 0.6 is 0 Å². The lowest BCUT2D eigenvalue weighted by Gasteiger charge is -1.95. The molecule has 0 amide bonds. The molecule has 2 rings (SSSR count). The summed E-state index contributed by atoms with van der Waals surface area (Å²) >= 11 is 0. The molecule has 0 aromatic heterocycles. The van der Waals surface area contributed by atoms with Gasteiger partial charge in [0.25, 0.3) is 5.69 Å². The van der Waals surface area contributed by atoms with E-state index in [4.69, 9.17) is 5.21 Å². The maximum Gasteiger partial charge on any atom is 0.270 e. The smallest absolute Gasteiger partial charge is 0.270 e. The van der Waals surface area contributed by atoms with Gasteiger partial charge in [0.05, 0.1) is 4.92 Å². The van der Waals surface area contributed by atoms with Crippen LogP contribution in [0.15, 0.2) is 23.4 Å². The predicted molar refractivity (Wildman–Crippen MR) is 50.4 cm³/mol. The van der Waals surface area contributed by atoms with Gasteiger partial charge in [0.15, 0.2) is 0 Å². The quantitative estimate of drug-likeness (QED) is 0.424. The Morgan fingerprint density at radius 3 is 2.80 bits per heavy atom. The molecule has 0 saturated carbocycles. The van der Waals surface area contributed by atoms with E-state index in [2.05, 4.69) is 5.16 Å². The van der Waals surface area contributed by atoms with Crippen LogP contribution in [0.1, 0.15) is 15.9 Å². The van der Waals surface area contributed by atoms with Crippen LogP contribution in [-0.4, -0.2) is 21.6 Å². The second kappa shape index (κ2) is 3.16. The van der Waals surface area contributed by atoms with Crippen LogP contribution in [0.2, 0.25) is 0 Å². The Bertz CT molecular complexity index is 493. The van der Waals surface area contributed by atoms with Gasteiger partial charge < -0.3 is 5.21 Å². The number of carbonyl (C=O) groups is 1. The van der Waals surface area contributed by atoms with Gasteiger partial charge in [0, 0.05) is 24.1 Å². The van der Waals surface area contributed by atoms with E-state index in [1.54, 1.807) is 0 Å². The highest BCUT2D eigenvalue weighted by Gasteiger charge is 2.28. The molecular weight excluding hydrogens is 200 g/mol. The van der Waals surface area contributed by atoms with E-state index in [-0.39, 0.29) is 23.4 Å². The minimum atomic E-state index is -0.568. The van der Waals surface area contributed by atoms with E-state index >= 15 is 0 Å². The second-order valence-electron chi connectivity index (χ2n) is 3.15. The zero-order valence-corrected chi connectivity index (χ0v) is 7.51. The van der Waals surface area contributed by atoms with Crippen molar-refractivity contribution in [1.82, 2.24) is 0 Å². The van der Waals surface area contributed by atoms with E-state index in [1.807, 2.05) is 0 Å². The molecule has 1 aliphatic carbocycles. The number of fused-ring (bicyclic) bond motifs is 1. The van der Waals surface area contributed by atoms with Gasteiger partial charge in [-0.1, -0.05) is 11.2 Å². The first kappa shape index (κ1) is 9.32. The maximum atomic E-state index is 11.5. The van der Waals surface area contributed by atoms with Crippen LogP contribution < -0.4 is 0 Å². The molecule has 1 N–H and O–H groups in total. The summed E-state index contributed by atoms with van der Waals surface area (Å²) in [4.78, 5) is 21.4. The fourth-order valence-electron chi connectivity index (χ4n) is 1.54. The van der Waals surface area contributed by atoms with Crippen molar-refractivity contribution in [1.29, 1.82) is 0 Å². The number of rotatable bonds is 1. The number of non-ortho nitro benzene ring substituents is 1. The molecule has 6 heteroatoms. The zero-order chi connectivity index (χ0) is 11.0. The van der Waals surface area contributed by atoms with Gasteiger partial charge in [-0.3, -0.25) is 14.9 Å². The van der Waals surface area contributed by atoms with E-state index < -0.39 is 10.7 Å². The Hall–Kier alpha value is -2.24. The van der Waals surface area contributed by atoms with Gasteiger partial charge in [-0.25, -0.2) is 0 Å². The van der Waals surface area contributed by atoms with E-state index in [0.717, 1.165) is 0 Å². The largest absolute Gasteiger partial charge is 0.411 e. The molecule has 0 spiro atoms. The van der Waals surface area contributed by atoms with Crippen molar-refractivity contribution in [3.8, 4) is 0 Å². The van der Waals surface area contributed by atoms with Crippen LogP contribution in [0.3, 0.4) is 0 Å². The maximum absolute atomic E-state index is 11.5. The molecule has 1 aliphatic rings. The summed E-state index contributed by atoms with van der Waals surface area (Å²) in [5.41, 5.74) is 0.780. The second-order valence-corrected chi connectivity index (χ2v) is 3.15. The molecule has 0 aliphatic heterocycles. The fourth-order valence-corrected chi connectivity index (χ4v) is 1.54. The number of nitrogens with zero attached hydrogens (tertiary/aromatic N) is 2. The third-order valence-electron chi connectivity index (χ3n) is 2.29.